The van der Waals surface area contributed by atoms with Crippen LogP contribution in [0.25, 0.3) is 0 Å². The van der Waals surface area contributed by atoms with E-state index in [4.69, 9.17) is 0 Å². The third-order valence-electron chi connectivity index (χ3n) is 3.93. The van der Waals surface area contributed by atoms with Crippen LogP contribution in [0, 0.1) is 0 Å². The maximum atomic E-state index is 13.2. The quantitative estimate of drug-likeness (QED) is 0.877. The van der Waals surface area contributed by atoms with Crippen molar-refractivity contribution in [2.75, 3.05) is 19.6 Å². The number of carbonyl (C=O) groups is 1. The van der Waals surface area contributed by atoms with Crippen molar-refractivity contribution >= 4 is 18.3 Å². The summed E-state index contributed by atoms with van der Waals surface area (Å²) in [6.07, 6.45) is 4.44. The van der Waals surface area contributed by atoms with E-state index in [0.717, 1.165) is 12.8 Å². The number of alkyl halides is 2. The second-order valence-corrected chi connectivity index (χ2v) is 5.45. The summed E-state index contributed by atoms with van der Waals surface area (Å²) in [4.78, 5) is 17.9. The summed E-state index contributed by atoms with van der Waals surface area (Å²) in [7, 11) is 0. The topological polar surface area (TPSA) is 63.1 Å². The molecule has 118 valence electrons. The van der Waals surface area contributed by atoms with Crippen molar-refractivity contribution in [3.8, 4) is 0 Å². The second kappa shape index (κ2) is 6.23. The molecule has 3 rings (SSSR count). The minimum atomic E-state index is -2.78. The fourth-order valence-corrected chi connectivity index (χ4v) is 2.89. The number of nitrogens with zero attached hydrogens (tertiary/aromatic N) is 4. The van der Waals surface area contributed by atoms with Gasteiger partial charge in [0.05, 0.1) is 18.6 Å². The highest BCUT2D eigenvalue weighted by Gasteiger charge is 2.44. The molecule has 21 heavy (non-hydrogen) atoms. The molecular formula is C12H18ClF2N5O. The predicted molar refractivity (Wildman–Crippen MR) is 73.5 cm³/mol. The molecule has 2 aliphatic heterocycles. The Morgan fingerprint density at radius 1 is 1.43 bits per heavy atom. The van der Waals surface area contributed by atoms with Crippen LogP contribution in [0.2, 0.25) is 0 Å². The van der Waals surface area contributed by atoms with Gasteiger partial charge in [-0.1, -0.05) is 0 Å². The monoisotopic (exact) mass is 321 g/mol. The predicted octanol–water partition coefficient (Wildman–Crippen LogP) is 0.861. The number of piperidine rings is 1. The van der Waals surface area contributed by atoms with Crippen LogP contribution in [0.1, 0.15) is 25.3 Å². The van der Waals surface area contributed by atoms with Crippen molar-refractivity contribution < 1.29 is 13.6 Å². The summed E-state index contributed by atoms with van der Waals surface area (Å²) in [6.45, 7) is 0.712. The molecule has 2 unspecified atom stereocenters. The molecule has 0 radical (unpaired) electrons. The van der Waals surface area contributed by atoms with E-state index in [1.165, 1.54) is 6.33 Å². The van der Waals surface area contributed by atoms with Crippen LogP contribution in [0.15, 0.2) is 12.7 Å². The van der Waals surface area contributed by atoms with E-state index in [1.54, 1.807) is 15.9 Å². The van der Waals surface area contributed by atoms with Gasteiger partial charge in [0.2, 0.25) is 5.91 Å². The number of carbonyl (C=O) groups excluding carboxylic acids is 1. The largest absolute Gasteiger partial charge is 0.339 e. The van der Waals surface area contributed by atoms with Crippen molar-refractivity contribution in [2.45, 2.75) is 37.3 Å². The average Bonchev–Trinajstić information content (AvgIpc) is 3.07. The van der Waals surface area contributed by atoms with Crippen molar-refractivity contribution in [3.63, 3.8) is 0 Å². The standard InChI is InChI=1S/C12H17F2N5O.ClH/c13-12(14)4-10(16-6-12)11(20)18-3-1-2-9(5-18)19-8-15-7-17-19;/h7-10,16H,1-6H2;1H. The zero-order chi connectivity index (χ0) is 14.2. The number of halogens is 3. The summed E-state index contributed by atoms with van der Waals surface area (Å²) in [5.74, 6) is -3.01. The SMILES string of the molecule is Cl.O=C(C1CC(F)(F)CN1)N1CCCC(n2cncn2)C1. The number of amides is 1. The van der Waals surface area contributed by atoms with Crippen LogP contribution in [0.3, 0.4) is 0 Å². The number of likely N-dealkylation sites (tertiary alicyclic amines) is 1. The van der Waals surface area contributed by atoms with Crippen LogP contribution in [-0.2, 0) is 4.79 Å². The Kier molecular flexibility index (Phi) is 4.77. The molecule has 0 saturated carbocycles. The van der Waals surface area contributed by atoms with Crippen molar-refractivity contribution in [1.82, 2.24) is 25.0 Å². The molecule has 1 aromatic heterocycles. The Bertz CT molecular complexity index is 484. The smallest absolute Gasteiger partial charge is 0.262 e. The van der Waals surface area contributed by atoms with E-state index in [1.807, 2.05) is 0 Å². The lowest BCUT2D eigenvalue weighted by Crippen LogP contribution is -2.48. The molecule has 1 amide bonds. The summed E-state index contributed by atoms with van der Waals surface area (Å²) in [5, 5.41) is 6.70. The number of hydrogen-bond acceptors (Lipinski definition) is 4. The third-order valence-corrected chi connectivity index (χ3v) is 3.93. The van der Waals surface area contributed by atoms with Gasteiger partial charge in [0.15, 0.2) is 0 Å². The summed E-state index contributed by atoms with van der Waals surface area (Å²) >= 11 is 0. The normalized spacial score (nSPS) is 28.2. The molecule has 2 aliphatic rings. The van der Waals surface area contributed by atoms with Crippen molar-refractivity contribution in [3.05, 3.63) is 12.7 Å². The zero-order valence-electron chi connectivity index (χ0n) is 11.4. The Balaban J connectivity index is 0.00000161. The van der Waals surface area contributed by atoms with Crippen LogP contribution in [-0.4, -0.2) is 57.2 Å². The number of aromatic nitrogens is 3. The molecule has 0 spiro atoms. The van der Waals surface area contributed by atoms with Gasteiger partial charge in [-0.05, 0) is 12.8 Å². The maximum Gasteiger partial charge on any atom is 0.262 e. The summed E-state index contributed by atoms with van der Waals surface area (Å²) in [6, 6.07) is -0.684. The van der Waals surface area contributed by atoms with E-state index in [0.29, 0.717) is 13.1 Å². The van der Waals surface area contributed by atoms with Crippen LogP contribution >= 0.6 is 12.4 Å². The lowest BCUT2D eigenvalue weighted by molar-refractivity contribution is -0.135. The van der Waals surface area contributed by atoms with E-state index >= 15 is 0 Å². The molecule has 2 atom stereocenters. The van der Waals surface area contributed by atoms with Gasteiger partial charge in [0.1, 0.15) is 12.7 Å². The van der Waals surface area contributed by atoms with Gasteiger partial charge in [-0.2, -0.15) is 5.10 Å². The summed E-state index contributed by atoms with van der Waals surface area (Å²) in [5.41, 5.74) is 0. The highest BCUT2D eigenvalue weighted by Crippen LogP contribution is 2.28. The van der Waals surface area contributed by atoms with Crippen LogP contribution in [0.5, 0.6) is 0 Å². The van der Waals surface area contributed by atoms with E-state index in [-0.39, 0.29) is 24.4 Å². The van der Waals surface area contributed by atoms with E-state index in [2.05, 4.69) is 15.4 Å². The minimum absolute atomic E-state index is 0. The Labute approximate surface area is 127 Å². The van der Waals surface area contributed by atoms with Crippen molar-refractivity contribution in [2.24, 2.45) is 0 Å². The van der Waals surface area contributed by atoms with E-state index in [9.17, 15) is 13.6 Å². The van der Waals surface area contributed by atoms with Crippen molar-refractivity contribution in [1.29, 1.82) is 0 Å². The lowest BCUT2D eigenvalue weighted by Gasteiger charge is -2.34. The minimum Gasteiger partial charge on any atom is -0.339 e. The first kappa shape index (κ1) is 16.1. The number of nitrogens with one attached hydrogen (secondary N) is 1. The molecule has 6 nitrogen and oxygen atoms in total. The first-order valence-electron chi connectivity index (χ1n) is 6.79. The fourth-order valence-electron chi connectivity index (χ4n) is 2.89. The maximum absolute atomic E-state index is 13.2. The van der Waals surface area contributed by atoms with Gasteiger partial charge in [0.25, 0.3) is 5.92 Å². The third kappa shape index (κ3) is 3.49. The molecule has 9 heteroatoms. The molecule has 2 fully saturated rings. The lowest BCUT2D eigenvalue weighted by atomic mass is 10.0. The molecule has 0 bridgehead atoms. The highest BCUT2D eigenvalue weighted by atomic mass is 35.5. The second-order valence-electron chi connectivity index (χ2n) is 5.45. The number of hydrogen-bond donors (Lipinski definition) is 1. The van der Waals surface area contributed by atoms with Crippen LogP contribution in [0.4, 0.5) is 8.78 Å². The molecule has 1 aromatic rings. The van der Waals surface area contributed by atoms with Gasteiger partial charge in [-0.25, -0.2) is 18.4 Å². The van der Waals surface area contributed by atoms with E-state index < -0.39 is 24.9 Å². The molecule has 1 N–H and O–H groups in total. The molecular weight excluding hydrogens is 304 g/mol. The van der Waals surface area contributed by atoms with Crippen LogP contribution < -0.4 is 5.32 Å². The molecule has 0 aromatic carbocycles. The first-order chi connectivity index (χ1) is 9.55. The molecule has 3 heterocycles. The fraction of sp³-hybridized carbons (Fsp3) is 0.750. The Morgan fingerprint density at radius 2 is 2.24 bits per heavy atom. The zero-order valence-corrected chi connectivity index (χ0v) is 12.2. The van der Waals surface area contributed by atoms with Gasteiger partial charge < -0.3 is 4.90 Å². The molecule has 2 saturated heterocycles. The highest BCUT2D eigenvalue weighted by molar-refractivity contribution is 5.85. The Hall–Kier alpha value is -1.28. The van der Waals surface area contributed by atoms with Gasteiger partial charge >= 0.3 is 0 Å². The summed E-state index contributed by atoms with van der Waals surface area (Å²) < 4.78 is 28.1. The van der Waals surface area contributed by atoms with Gasteiger partial charge in [-0.3, -0.25) is 10.1 Å². The molecule has 0 aliphatic carbocycles. The van der Waals surface area contributed by atoms with Gasteiger partial charge in [-0.15, -0.1) is 12.4 Å². The Morgan fingerprint density at radius 3 is 2.86 bits per heavy atom. The average molecular weight is 322 g/mol. The number of rotatable bonds is 2. The van der Waals surface area contributed by atoms with Gasteiger partial charge in [0, 0.05) is 19.5 Å². The first-order valence-corrected chi connectivity index (χ1v) is 6.79.